The van der Waals surface area contributed by atoms with Crippen molar-refractivity contribution in [2.24, 2.45) is 0 Å². The van der Waals surface area contributed by atoms with Crippen LogP contribution >= 0.6 is 0 Å². The Kier molecular flexibility index (Phi) is 5.84. The Bertz CT molecular complexity index is 628. The summed E-state index contributed by atoms with van der Waals surface area (Å²) in [5.41, 5.74) is 0. The second-order valence-corrected chi connectivity index (χ2v) is 7.77. The smallest absolute Gasteiger partial charge is 0.319 e. The molecule has 144 valence electrons. The van der Waals surface area contributed by atoms with Gasteiger partial charge in [-0.2, -0.15) is 0 Å². The van der Waals surface area contributed by atoms with Gasteiger partial charge in [0.15, 0.2) is 0 Å². The summed E-state index contributed by atoms with van der Waals surface area (Å²) < 4.78 is 1.95. The van der Waals surface area contributed by atoms with E-state index in [-0.39, 0.29) is 29.9 Å². The lowest BCUT2D eigenvalue weighted by Gasteiger charge is -2.35. The van der Waals surface area contributed by atoms with Crippen LogP contribution in [-0.4, -0.2) is 63.5 Å². The van der Waals surface area contributed by atoms with Crippen LogP contribution in [0.5, 0.6) is 0 Å². The molecular formula is C19H31N5O2. The Morgan fingerprint density at radius 2 is 1.69 bits per heavy atom. The molecule has 2 aliphatic rings. The molecule has 0 spiro atoms. The third-order valence-electron chi connectivity index (χ3n) is 5.50. The van der Waals surface area contributed by atoms with Crippen molar-refractivity contribution >= 4 is 11.9 Å². The van der Waals surface area contributed by atoms with E-state index >= 15 is 0 Å². The minimum atomic E-state index is -0.279. The zero-order valence-electron chi connectivity index (χ0n) is 16.1. The first-order valence-electron chi connectivity index (χ1n) is 9.84. The van der Waals surface area contributed by atoms with Gasteiger partial charge in [-0.05, 0) is 32.6 Å². The van der Waals surface area contributed by atoms with E-state index < -0.39 is 0 Å². The molecule has 0 bridgehead atoms. The molecule has 1 aromatic rings. The highest BCUT2D eigenvalue weighted by Crippen LogP contribution is 2.19. The molecule has 1 atom stereocenters. The van der Waals surface area contributed by atoms with Gasteiger partial charge in [0.2, 0.25) is 5.91 Å². The first-order chi connectivity index (χ1) is 12.5. The summed E-state index contributed by atoms with van der Waals surface area (Å²) in [7, 11) is 0. The predicted molar refractivity (Wildman–Crippen MR) is 100.0 cm³/mol. The Balaban J connectivity index is 1.50. The maximum atomic E-state index is 12.7. The van der Waals surface area contributed by atoms with Crippen molar-refractivity contribution in [3.05, 3.63) is 18.2 Å². The lowest BCUT2D eigenvalue weighted by Crippen LogP contribution is -2.50. The van der Waals surface area contributed by atoms with Gasteiger partial charge in [0.25, 0.3) is 0 Å². The highest BCUT2D eigenvalue weighted by Gasteiger charge is 2.29. The number of hydrogen-bond donors (Lipinski definition) is 1. The average molecular weight is 361 g/mol. The summed E-state index contributed by atoms with van der Waals surface area (Å²) in [6, 6.07) is 0.0263. The van der Waals surface area contributed by atoms with Gasteiger partial charge in [0.1, 0.15) is 11.9 Å². The molecule has 0 radical (unpaired) electrons. The van der Waals surface area contributed by atoms with Crippen LogP contribution in [0.4, 0.5) is 4.79 Å². The third-order valence-corrected chi connectivity index (χ3v) is 5.50. The van der Waals surface area contributed by atoms with E-state index in [4.69, 9.17) is 0 Å². The topological polar surface area (TPSA) is 70.5 Å². The van der Waals surface area contributed by atoms with Crippen molar-refractivity contribution in [1.29, 1.82) is 0 Å². The average Bonchev–Trinajstić information content (AvgIpc) is 3.32. The molecule has 7 nitrogen and oxygen atoms in total. The molecule has 2 aliphatic heterocycles. The first kappa shape index (κ1) is 18.7. The normalized spacial score (nSPS) is 19.8. The van der Waals surface area contributed by atoms with Crippen LogP contribution < -0.4 is 5.32 Å². The number of likely N-dealkylation sites (tertiary alicyclic amines) is 2. The van der Waals surface area contributed by atoms with E-state index in [0.717, 1.165) is 57.7 Å². The fourth-order valence-electron chi connectivity index (χ4n) is 3.87. The molecular weight excluding hydrogens is 330 g/mol. The van der Waals surface area contributed by atoms with E-state index in [0.29, 0.717) is 0 Å². The number of nitrogens with zero attached hydrogens (tertiary/aromatic N) is 4. The van der Waals surface area contributed by atoms with Crippen molar-refractivity contribution in [2.75, 3.05) is 26.2 Å². The Morgan fingerprint density at radius 1 is 1.08 bits per heavy atom. The van der Waals surface area contributed by atoms with Crippen LogP contribution in [0.15, 0.2) is 12.4 Å². The van der Waals surface area contributed by atoms with Crippen molar-refractivity contribution in [2.45, 2.75) is 64.5 Å². The number of carbonyl (C=O) groups excluding carboxylic acids is 2. The molecule has 2 saturated heterocycles. The lowest BCUT2D eigenvalue weighted by atomic mass is 10.0. The van der Waals surface area contributed by atoms with E-state index in [1.807, 2.05) is 27.5 Å². The molecule has 26 heavy (non-hydrogen) atoms. The Labute approximate surface area is 155 Å². The predicted octanol–water partition coefficient (Wildman–Crippen LogP) is 2.36. The van der Waals surface area contributed by atoms with Gasteiger partial charge in [-0.1, -0.05) is 13.8 Å². The fourth-order valence-corrected chi connectivity index (χ4v) is 3.87. The molecule has 3 amide bonds. The standard InChI is InChI=1S/C19H31N5O2/c1-14(2)17-20-8-13-24(17)15(3)18(25)21-16-6-11-23(12-7-16)19(26)22-9-4-5-10-22/h8,13-16H,4-7,9-12H2,1-3H3,(H,21,25). The summed E-state index contributed by atoms with van der Waals surface area (Å²) >= 11 is 0. The maximum Gasteiger partial charge on any atom is 0.319 e. The maximum absolute atomic E-state index is 12.7. The molecule has 1 unspecified atom stereocenters. The Hall–Kier alpha value is -2.05. The molecule has 2 fully saturated rings. The van der Waals surface area contributed by atoms with Crippen LogP contribution in [0.1, 0.15) is 64.2 Å². The van der Waals surface area contributed by atoms with Crippen molar-refractivity contribution < 1.29 is 9.59 Å². The summed E-state index contributed by atoms with van der Waals surface area (Å²) in [6.45, 7) is 9.28. The van der Waals surface area contributed by atoms with Gasteiger partial charge in [0.05, 0.1) is 0 Å². The van der Waals surface area contributed by atoms with Gasteiger partial charge in [-0.25, -0.2) is 9.78 Å². The van der Waals surface area contributed by atoms with E-state index in [9.17, 15) is 9.59 Å². The van der Waals surface area contributed by atoms with Crippen LogP contribution in [0.25, 0.3) is 0 Å². The number of imidazole rings is 1. The first-order valence-corrected chi connectivity index (χ1v) is 9.84. The van der Waals surface area contributed by atoms with E-state index in [1.54, 1.807) is 6.20 Å². The quantitative estimate of drug-likeness (QED) is 0.895. The highest BCUT2D eigenvalue weighted by molar-refractivity contribution is 5.80. The second-order valence-electron chi connectivity index (χ2n) is 7.77. The molecule has 1 aromatic heterocycles. The third kappa shape index (κ3) is 4.02. The largest absolute Gasteiger partial charge is 0.351 e. The molecule has 0 aromatic carbocycles. The number of aromatic nitrogens is 2. The summed E-state index contributed by atoms with van der Waals surface area (Å²) in [4.78, 5) is 33.4. The highest BCUT2D eigenvalue weighted by atomic mass is 16.2. The number of carbonyl (C=O) groups is 2. The molecule has 0 saturated carbocycles. The molecule has 3 rings (SSSR count). The second kappa shape index (κ2) is 8.10. The zero-order valence-corrected chi connectivity index (χ0v) is 16.1. The molecule has 7 heteroatoms. The summed E-state index contributed by atoms with van der Waals surface area (Å²) in [5, 5.41) is 3.16. The number of nitrogens with one attached hydrogen (secondary N) is 1. The van der Waals surface area contributed by atoms with E-state index in [1.165, 1.54) is 0 Å². The van der Waals surface area contributed by atoms with E-state index in [2.05, 4.69) is 24.1 Å². The van der Waals surface area contributed by atoms with Gasteiger partial charge < -0.3 is 19.7 Å². The van der Waals surface area contributed by atoms with Gasteiger partial charge in [0, 0.05) is 50.5 Å². The van der Waals surface area contributed by atoms with Crippen molar-refractivity contribution in [1.82, 2.24) is 24.7 Å². The van der Waals surface area contributed by atoms with Crippen molar-refractivity contribution in [3.8, 4) is 0 Å². The van der Waals surface area contributed by atoms with Gasteiger partial charge >= 0.3 is 6.03 Å². The fraction of sp³-hybridized carbons (Fsp3) is 0.737. The van der Waals surface area contributed by atoms with Crippen LogP contribution in [0, 0.1) is 0 Å². The number of amides is 3. The van der Waals surface area contributed by atoms with Crippen LogP contribution in [0.2, 0.25) is 0 Å². The number of urea groups is 1. The summed E-state index contributed by atoms with van der Waals surface area (Å²) in [5.74, 6) is 1.23. The minimum Gasteiger partial charge on any atom is -0.351 e. The Morgan fingerprint density at radius 3 is 2.31 bits per heavy atom. The molecule has 3 heterocycles. The monoisotopic (exact) mass is 361 g/mol. The SMILES string of the molecule is CC(C)c1nccn1C(C)C(=O)NC1CCN(C(=O)N2CCCC2)CC1. The van der Waals surface area contributed by atoms with Gasteiger partial charge in [-0.15, -0.1) is 0 Å². The van der Waals surface area contributed by atoms with Gasteiger partial charge in [-0.3, -0.25) is 4.79 Å². The van der Waals surface area contributed by atoms with Crippen LogP contribution in [-0.2, 0) is 4.79 Å². The summed E-state index contributed by atoms with van der Waals surface area (Å²) in [6.07, 6.45) is 7.49. The number of hydrogen-bond acceptors (Lipinski definition) is 3. The minimum absolute atomic E-state index is 0.0224. The number of rotatable bonds is 4. The molecule has 0 aliphatic carbocycles. The van der Waals surface area contributed by atoms with Crippen molar-refractivity contribution in [3.63, 3.8) is 0 Å². The molecule has 1 N–H and O–H groups in total. The lowest BCUT2D eigenvalue weighted by molar-refractivity contribution is -0.124. The van der Waals surface area contributed by atoms with Crippen LogP contribution in [0.3, 0.4) is 0 Å². The zero-order chi connectivity index (χ0) is 18.7. The number of piperidine rings is 1.